The summed E-state index contributed by atoms with van der Waals surface area (Å²) in [4.78, 5) is 0. The number of benzene rings is 2. The van der Waals surface area contributed by atoms with E-state index in [2.05, 4.69) is 103 Å². The van der Waals surface area contributed by atoms with E-state index in [1.54, 1.807) is 11.1 Å². The maximum absolute atomic E-state index is 2.56. The van der Waals surface area contributed by atoms with Crippen LogP contribution >= 0.6 is 0 Å². The fourth-order valence-corrected chi connectivity index (χ4v) is 22.7. The predicted octanol–water partition coefficient (Wildman–Crippen LogP) is 8.59. The van der Waals surface area contributed by atoms with Crippen molar-refractivity contribution in [3.8, 4) is 11.1 Å². The Kier molecular flexibility index (Phi) is 4.59. The number of hydrogen-bond acceptors (Lipinski definition) is 0. The van der Waals surface area contributed by atoms with Crippen LogP contribution in [0.15, 0.2) is 57.9 Å². The van der Waals surface area contributed by atoms with Gasteiger partial charge in [-0.15, -0.1) is 0 Å². The van der Waals surface area contributed by atoms with Crippen molar-refractivity contribution in [3.63, 3.8) is 0 Å². The average molecular weight is 476 g/mol. The van der Waals surface area contributed by atoms with Crippen LogP contribution in [0, 0.1) is 0 Å². The van der Waals surface area contributed by atoms with Gasteiger partial charge in [0, 0.05) is 0 Å². The molecule has 156 valence electrons. The van der Waals surface area contributed by atoms with Crippen molar-refractivity contribution in [2.75, 3.05) is 0 Å². The number of rotatable bonds is 2. The van der Waals surface area contributed by atoms with Crippen molar-refractivity contribution in [1.29, 1.82) is 0 Å². The molecule has 5 rings (SSSR count). The normalized spacial score (nSPS) is 25.3. The van der Waals surface area contributed by atoms with E-state index in [9.17, 15) is 0 Å². The zero-order valence-corrected chi connectivity index (χ0v) is 22.2. The molecule has 3 aliphatic rings. The molecule has 0 bridgehead atoms. The summed E-state index contributed by atoms with van der Waals surface area (Å²) < 4.78 is 5.04. The quantitative estimate of drug-likeness (QED) is 0.408. The van der Waals surface area contributed by atoms with Crippen molar-refractivity contribution < 1.29 is 20.3 Å². The first-order valence-electron chi connectivity index (χ1n) is 11.7. The molecule has 30 heavy (non-hydrogen) atoms. The molecule has 0 nitrogen and oxygen atoms in total. The third-order valence-electron chi connectivity index (χ3n) is 8.00. The van der Waals surface area contributed by atoms with Gasteiger partial charge >= 0.3 is 189 Å². The van der Waals surface area contributed by atoms with Gasteiger partial charge in [0.25, 0.3) is 0 Å². The van der Waals surface area contributed by atoms with E-state index in [-0.39, 0.29) is 10.8 Å². The molecule has 0 amide bonds. The maximum atomic E-state index is 2.56. The Bertz CT molecular complexity index is 1020. The number of hydrogen-bond donors (Lipinski definition) is 0. The molecule has 0 aromatic heterocycles. The molecule has 1 aliphatic heterocycles. The molecule has 1 heteroatoms. The van der Waals surface area contributed by atoms with Gasteiger partial charge in [-0.25, -0.2) is 0 Å². The summed E-state index contributed by atoms with van der Waals surface area (Å²) in [6.07, 6.45) is 8.44. The average Bonchev–Trinajstić information content (AvgIpc) is 3.05. The minimum absolute atomic E-state index is 0.181. The van der Waals surface area contributed by atoms with Gasteiger partial charge in [-0.3, -0.25) is 0 Å². The molecule has 2 unspecified atom stereocenters. The summed E-state index contributed by atoms with van der Waals surface area (Å²) in [5.41, 5.74) is 9.66. The minimum atomic E-state index is -2.45. The number of fused-ring (bicyclic) bond motifs is 3. The summed E-state index contributed by atoms with van der Waals surface area (Å²) in [5.74, 6) is 0. The SMILES string of the molecule is C[CH]1[CH2][Zr]1([C]1=CC=CC1)[CH]1c2ccc(C(C)(C)C)cc2-c2cc(C(C)(C)C)ccc21. The third kappa shape index (κ3) is 3.03. The van der Waals surface area contributed by atoms with Crippen LogP contribution in [0.25, 0.3) is 11.1 Å². The third-order valence-corrected chi connectivity index (χ3v) is 22.6. The van der Waals surface area contributed by atoms with Crippen LogP contribution in [-0.2, 0) is 31.1 Å². The standard InChI is InChI=1S/C21H25.C5H5.C3H6.Zr/c1-20(2,3)16-9-7-14-11-15-8-10-17(21(4,5)6)13-19(15)18(14)12-16;1-2-4-5-3-1;1-3-2;/h7-13H,1-6H3;1-3H,4H2;3H,1H2,2H3;. The second-order valence-corrected chi connectivity index (χ2v) is 23.5. The van der Waals surface area contributed by atoms with Gasteiger partial charge in [0.05, 0.1) is 0 Å². The molecule has 0 N–H and O–H groups in total. The first kappa shape index (κ1) is 20.7. The molecular formula is C29H36Zr. The van der Waals surface area contributed by atoms with Crippen molar-refractivity contribution in [3.05, 3.63) is 80.2 Å². The molecule has 2 aromatic carbocycles. The van der Waals surface area contributed by atoms with Gasteiger partial charge in [-0.2, -0.15) is 0 Å². The van der Waals surface area contributed by atoms with E-state index in [1.165, 1.54) is 32.8 Å². The Balaban J connectivity index is 1.74. The fourth-order valence-electron chi connectivity index (χ4n) is 6.01. The fraction of sp³-hybridized carbons (Fsp3) is 0.448. The Morgan fingerprint density at radius 1 is 0.800 bits per heavy atom. The summed E-state index contributed by atoms with van der Waals surface area (Å²) >= 11 is -2.45. The molecule has 2 aromatic rings. The molecule has 1 fully saturated rings. The second-order valence-electron chi connectivity index (χ2n) is 12.0. The Morgan fingerprint density at radius 3 is 1.67 bits per heavy atom. The van der Waals surface area contributed by atoms with Crippen molar-refractivity contribution in [2.24, 2.45) is 0 Å². The Hall–Kier alpha value is -1.20. The summed E-state index contributed by atoms with van der Waals surface area (Å²) in [5, 5.41) is 0. The first-order valence-corrected chi connectivity index (χ1v) is 17.5. The van der Waals surface area contributed by atoms with Crippen LogP contribution in [0.2, 0.25) is 7.75 Å². The van der Waals surface area contributed by atoms with E-state index in [0.29, 0.717) is 3.63 Å². The van der Waals surface area contributed by atoms with Crippen LogP contribution < -0.4 is 0 Å². The van der Waals surface area contributed by atoms with Gasteiger partial charge in [0.1, 0.15) is 0 Å². The van der Waals surface area contributed by atoms with E-state index >= 15 is 0 Å². The molecule has 2 aliphatic carbocycles. The van der Waals surface area contributed by atoms with Gasteiger partial charge in [0.15, 0.2) is 0 Å². The van der Waals surface area contributed by atoms with Gasteiger partial charge in [0.2, 0.25) is 0 Å². The van der Waals surface area contributed by atoms with Gasteiger partial charge in [-0.05, 0) is 0 Å². The van der Waals surface area contributed by atoms with Gasteiger partial charge in [-0.1, -0.05) is 0 Å². The van der Waals surface area contributed by atoms with Crippen LogP contribution in [0.4, 0.5) is 0 Å². The molecule has 0 saturated carbocycles. The van der Waals surface area contributed by atoms with Crippen LogP contribution in [0.1, 0.15) is 80.8 Å². The van der Waals surface area contributed by atoms with Gasteiger partial charge < -0.3 is 0 Å². The second kappa shape index (κ2) is 6.65. The number of allylic oxidation sites excluding steroid dienone is 4. The van der Waals surface area contributed by atoms with Crippen molar-refractivity contribution in [1.82, 2.24) is 0 Å². The topological polar surface area (TPSA) is 0 Å². The van der Waals surface area contributed by atoms with E-state index in [4.69, 9.17) is 0 Å². The van der Waals surface area contributed by atoms with E-state index in [0.717, 1.165) is 3.63 Å². The van der Waals surface area contributed by atoms with Crippen LogP contribution in [0.3, 0.4) is 0 Å². The molecular weight excluding hydrogens is 440 g/mol. The zero-order chi connectivity index (χ0) is 21.5. The zero-order valence-electron chi connectivity index (χ0n) is 19.8. The molecule has 0 spiro atoms. The summed E-state index contributed by atoms with van der Waals surface area (Å²) in [6.45, 7) is 16.6. The Morgan fingerprint density at radius 2 is 1.30 bits per heavy atom. The monoisotopic (exact) mass is 474 g/mol. The molecule has 1 saturated heterocycles. The molecule has 1 heterocycles. The van der Waals surface area contributed by atoms with E-state index < -0.39 is 20.3 Å². The first-order chi connectivity index (χ1) is 14.0. The van der Waals surface area contributed by atoms with E-state index in [1.807, 2.05) is 3.28 Å². The van der Waals surface area contributed by atoms with Crippen LogP contribution in [0.5, 0.6) is 0 Å². The summed E-state index contributed by atoms with van der Waals surface area (Å²) in [7, 11) is 0. The van der Waals surface area contributed by atoms with Crippen molar-refractivity contribution >= 4 is 0 Å². The molecule has 0 radical (unpaired) electrons. The van der Waals surface area contributed by atoms with Crippen molar-refractivity contribution in [2.45, 2.75) is 77.1 Å². The summed E-state index contributed by atoms with van der Waals surface area (Å²) in [6, 6.07) is 15.0. The Labute approximate surface area is 187 Å². The predicted molar refractivity (Wildman–Crippen MR) is 127 cm³/mol. The molecule has 2 atom stereocenters. The van der Waals surface area contributed by atoms with Crippen LogP contribution in [-0.4, -0.2) is 0 Å².